The van der Waals surface area contributed by atoms with Gasteiger partial charge in [-0.05, 0) is 73.0 Å². The molecule has 3 aromatic rings. The third-order valence-corrected chi connectivity index (χ3v) is 5.94. The van der Waals surface area contributed by atoms with Gasteiger partial charge < -0.3 is 9.47 Å². The topological polar surface area (TPSA) is 84.9 Å². The molecule has 10 heteroatoms. The Hall–Kier alpha value is -3.88. The van der Waals surface area contributed by atoms with Crippen molar-refractivity contribution in [2.45, 2.75) is 20.5 Å². The van der Waals surface area contributed by atoms with E-state index in [1.54, 1.807) is 44.2 Å². The molecule has 0 spiro atoms. The summed E-state index contributed by atoms with van der Waals surface area (Å²) in [6.45, 7) is 3.80. The van der Waals surface area contributed by atoms with Crippen LogP contribution >= 0.6 is 23.2 Å². The van der Waals surface area contributed by atoms with E-state index in [4.69, 9.17) is 32.7 Å². The number of nitrogens with zero attached hydrogens (tertiary/aromatic N) is 1. The number of hydrogen-bond donors (Lipinski definition) is 1. The fraction of sp³-hybridized carbons (Fsp3) is 0.148. The van der Waals surface area contributed by atoms with E-state index >= 15 is 0 Å². The number of amides is 4. The largest absolute Gasteiger partial charge is 0.490 e. The Kier molecular flexibility index (Phi) is 7.80. The molecule has 4 rings (SSSR count). The molecule has 0 aromatic heterocycles. The van der Waals surface area contributed by atoms with Crippen molar-refractivity contribution in [2.24, 2.45) is 0 Å². The molecule has 0 saturated carbocycles. The Morgan fingerprint density at radius 1 is 1.03 bits per heavy atom. The van der Waals surface area contributed by atoms with E-state index in [1.165, 1.54) is 30.3 Å². The summed E-state index contributed by atoms with van der Waals surface area (Å²) in [5, 5.41) is 2.65. The van der Waals surface area contributed by atoms with Crippen LogP contribution in [0.25, 0.3) is 6.08 Å². The average molecular weight is 543 g/mol. The summed E-state index contributed by atoms with van der Waals surface area (Å²) in [6.07, 6.45) is 1.31. The fourth-order valence-electron chi connectivity index (χ4n) is 3.72. The summed E-state index contributed by atoms with van der Waals surface area (Å²) in [6, 6.07) is 12.9. The number of carbonyl (C=O) groups is 3. The number of imide groups is 2. The second-order valence-corrected chi connectivity index (χ2v) is 8.91. The number of hydrogen-bond acceptors (Lipinski definition) is 5. The first-order chi connectivity index (χ1) is 17.7. The average Bonchev–Trinajstić information content (AvgIpc) is 2.83. The van der Waals surface area contributed by atoms with Crippen molar-refractivity contribution in [2.75, 3.05) is 11.5 Å². The van der Waals surface area contributed by atoms with E-state index in [9.17, 15) is 18.8 Å². The van der Waals surface area contributed by atoms with E-state index in [-0.39, 0.29) is 41.0 Å². The third kappa shape index (κ3) is 5.76. The predicted molar refractivity (Wildman–Crippen MR) is 139 cm³/mol. The molecule has 0 aliphatic carbocycles. The zero-order valence-electron chi connectivity index (χ0n) is 19.8. The van der Waals surface area contributed by atoms with Crippen LogP contribution in [0, 0.1) is 12.7 Å². The van der Waals surface area contributed by atoms with Gasteiger partial charge in [-0.1, -0.05) is 41.4 Å². The summed E-state index contributed by atoms with van der Waals surface area (Å²) in [5.41, 5.74) is 1.54. The van der Waals surface area contributed by atoms with Crippen molar-refractivity contribution >= 4 is 52.8 Å². The first-order valence-electron chi connectivity index (χ1n) is 11.2. The molecule has 7 nitrogen and oxygen atoms in total. The highest BCUT2D eigenvalue weighted by molar-refractivity contribution is 6.40. The standard InChI is InChI=1S/C27H21Cl2FN2O5/c1-3-36-23-12-17(11-21(29)24(23)37-14-16-5-4-6-19(30)9-16)10-20-25(33)31-27(35)32(26(20)34)22-13-18(28)8-7-15(22)2/h4-13H,3,14H2,1-2H3,(H,31,33,35)/b20-10+. The van der Waals surface area contributed by atoms with E-state index in [0.29, 0.717) is 21.7 Å². The van der Waals surface area contributed by atoms with Gasteiger partial charge in [-0.2, -0.15) is 0 Å². The number of aryl methyl sites for hydroxylation is 1. The lowest BCUT2D eigenvalue weighted by molar-refractivity contribution is -0.122. The summed E-state index contributed by atoms with van der Waals surface area (Å²) < 4.78 is 25.0. The molecule has 1 heterocycles. The summed E-state index contributed by atoms with van der Waals surface area (Å²) in [5.74, 6) is -1.58. The number of benzene rings is 3. The zero-order chi connectivity index (χ0) is 26.7. The Labute approximate surface area is 222 Å². The predicted octanol–water partition coefficient (Wildman–Crippen LogP) is 6.09. The van der Waals surface area contributed by atoms with Gasteiger partial charge >= 0.3 is 6.03 Å². The minimum atomic E-state index is -0.883. The molecule has 0 unspecified atom stereocenters. The minimum absolute atomic E-state index is 0.0366. The van der Waals surface area contributed by atoms with Gasteiger partial charge in [0.15, 0.2) is 11.5 Å². The van der Waals surface area contributed by atoms with Gasteiger partial charge in [0.05, 0.1) is 17.3 Å². The minimum Gasteiger partial charge on any atom is -0.490 e. The zero-order valence-corrected chi connectivity index (χ0v) is 21.3. The van der Waals surface area contributed by atoms with E-state index in [1.807, 2.05) is 0 Å². The molecule has 0 bridgehead atoms. The van der Waals surface area contributed by atoms with Crippen LogP contribution in [0.5, 0.6) is 11.5 Å². The second kappa shape index (κ2) is 11.0. The monoisotopic (exact) mass is 542 g/mol. The highest BCUT2D eigenvalue weighted by atomic mass is 35.5. The number of ether oxygens (including phenoxy) is 2. The van der Waals surface area contributed by atoms with Crippen molar-refractivity contribution in [1.29, 1.82) is 0 Å². The molecule has 0 radical (unpaired) electrons. The van der Waals surface area contributed by atoms with Crippen molar-refractivity contribution in [3.05, 3.63) is 92.7 Å². The van der Waals surface area contributed by atoms with Gasteiger partial charge in [0.1, 0.15) is 18.0 Å². The molecule has 3 aromatic carbocycles. The molecule has 1 saturated heterocycles. The molecule has 190 valence electrons. The summed E-state index contributed by atoms with van der Waals surface area (Å²) in [4.78, 5) is 39.3. The highest BCUT2D eigenvalue weighted by Crippen LogP contribution is 2.38. The van der Waals surface area contributed by atoms with Crippen molar-refractivity contribution in [3.63, 3.8) is 0 Å². The number of carbonyl (C=O) groups excluding carboxylic acids is 3. The van der Waals surface area contributed by atoms with Crippen LogP contribution in [0.4, 0.5) is 14.9 Å². The number of rotatable bonds is 7. The first kappa shape index (κ1) is 26.2. The van der Waals surface area contributed by atoms with Gasteiger partial charge in [-0.25, -0.2) is 14.1 Å². The molecule has 1 aliphatic heterocycles. The summed E-state index contributed by atoms with van der Waals surface area (Å²) in [7, 11) is 0. The smallest absolute Gasteiger partial charge is 0.335 e. The normalized spacial score (nSPS) is 14.7. The lowest BCUT2D eigenvalue weighted by Crippen LogP contribution is -2.54. The quantitative estimate of drug-likeness (QED) is 0.288. The fourth-order valence-corrected chi connectivity index (χ4v) is 4.16. The number of barbiturate groups is 1. The lowest BCUT2D eigenvalue weighted by atomic mass is 10.1. The van der Waals surface area contributed by atoms with Crippen LogP contribution in [-0.2, 0) is 16.2 Å². The second-order valence-electron chi connectivity index (χ2n) is 8.07. The number of halogens is 3. The van der Waals surface area contributed by atoms with Crippen LogP contribution < -0.4 is 19.7 Å². The van der Waals surface area contributed by atoms with Gasteiger partial charge in [0, 0.05) is 5.02 Å². The maximum atomic E-state index is 13.5. The lowest BCUT2D eigenvalue weighted by Gasteiger charge is -2.27. The van der Waals surface area contributed by atoms with Crippen LogP contribution in [0.3, 0.4) is 0 Å². The van der Waals surface area contributed by atoms with E-state index in [0.717, 1.165) is 4.90 Å². The Bertz CT molecular complexity index is 1440. The number of nitrogens with one attached hydrogen (secondary N) is 1. The van der Waals surface area contributed by atoms with Gasteiger partial charge in [0.25, 0.3) is 11.8 Å². The molecule has 0 atom stereocenters. The SMILES string of the molecule is CCOc1cc(/C=C2\C(=O)NC(=O)N(c3cc(Cl)ccc3C)C2=O)cc(Cl)c1OCc1cccc(F)c1. The van der Waals surface area contributed by atoms with Crippen LogP contribution in [0.2, 0.25) is 10.0 Å². The Morgan fingerprint density at radius 3 is 2.54 bits per heavy atom. The molecular formula is C27H21Cl2FN2O5. The molecular weight excluding hydrogens is 522 g/mol. The molecule has 4 amide bonds. The van der Waals surface area contributed by atoms with Crippen molar-refractivity contribution in [3.8, 4) is 11.5 Å². The van der Waals surface area contributed by atoms with Gasteiger partial charge in [-0.3, -0.25) is 14.9 Å². The van der Waals surface area contributed by atoms with Gasteiger partial charge in [-0.15, -0.1) is 0 Å². The van der Waals surface area contributed by atoms with E-state index in [2.05, 4.69) is 5.32 Å². The molecule has 1 aliphatic rings. The van der Waals surface area contributed by atoms with Gasteiger partial charge in [0.2, 0.25) is 0 Å². The number of anilines is 1. The summed E-state index contributed by atoms with van der Waals surface area (Å²) >= 11 is 12.5. The third-order valence-electron chi connectivity index (χ3n) is 5.43. The molecule has 37 heavy (non-hydrogen) atoms. The highest BCUT2D eigenvalue weighted by Gasteiger charge is 2.37. The van der Waals surface area contributed by atoms with Crippen LogP contribution in [-0.4, -0.2) is 24.5 Å². The van der Waals surface area contributed by atoms with Crippen molar-refractivity contribution < 1.29 is 28.2 Å². The maximum Gasteiger partial charge on any atom is 0.335 e. The van der Waals surface area contributed by atoms with Crippen LogP contribution in [0.1, 0.15) is 23.6 Å². The van der Waals surface area contributed by atoms with Crippen molar-refractivity contribution in [1.82, 2.24) is 5.32 Å². The Balaban J connectivity index is 1.68. The molecule has 1 fully saturated rings. The number of urea groups is 1. The van der Waals surface area contributed by atoms with Crippen LogP contribution in [0.15, 0.2) is 60.2 Å². The molecule has 1 N–H and O–H groups in total. The first-order valence-corrected chi connectivity index (χ1v) is 11.9. The Morgan fingerprint density at radius 2 is 1.81 bits per heavy atom. The van der Waals surface area contributed by atoms with E-state index < -0.39 is 23.7 Å². The maximum absolute atomic E-state index is 13.5.